The monoisotopic (exact) mass is 281 g/mol. The summed E-state index contributed by atoms with van der Waals surface area (Å²) in [4.78, 5) is 14.6. The lowest BCUT2D eigenvalue weighted by molar-refractivity contribution is -0.144. The van der Waals surface area contributed by atoms with E-state index in [1.807, 2.05) is 13.8 Å². The van der Waals surface area contributed by atoms with E-state index in [0.29, 0.717) is 32.0 Å². The van der Waals surface area contributed by atoms with Gasteiger partial charge in [-0.1, -0.05) is 13.8 Å². The third-order valence-corrected chi connectivity index (χ3v) is 4.21. The molecule has 1 saturated heterocycles. The fourth-order valence-electron chi connectivity index (χ4n) is 2.75. The third kappa shape index (κ3) is 4.46. The van der Waals surface area contributed by atoms with Crippen LogP contribution in [0.3, 0.4) is 0 Å². The first-order valence-electron chi connectivity index (χ1n) is 7.40. The maximum atomic E-state index is 12.8. The lowest BCUT2D eigenvalue weighted by Gasteiger charge is -2.39. The molecule has 1 aliphatic heterocycles. The van der Waals surface area contributed by atoms with Crippen molar-refractivity contribution in [1.29, 1.82) is 5.26 Å². The SMILES string of the molecule is COCCN(CCC#N)C(=O)C(C)(C)C1CCCNC1. The Morgan fingerprint density at radius 1 is 1.50 bits per heavy atom. The molecule has 0 aliphatic carbocycles. The first kappa shape index (κ1) is 16.9. The number of amides is 1. The first-order chi connectivity index (χ1) is 9.54. The van der Waals surface area contributed by atoms with Crippen LogP contribution in [0.25, 0.3) is 0 Å². The summed E-state index contributed by atoms with van der Waals surface area (Å²) < 4.78 is 5.07. The maximum Gasteiger partial charge on any atom is 0.228 e. The lowest BCUT2D eigenvalue weighted by atomic mass is 9.74. The van der Waals surface area contributed by atoms with Gasteiger partial charge in [0.1, 0.15) is 0 Å². The Hall–Kier alpha value is -1.12. The highest BCUT2D eigenvalue weighted by molar-refractivity contribution is 5.82. The number of methoxy groups -OCH3 is 1. The number of hydrogen-bond donors (Lipinski definition) is 1. The molecule has 1 heterocycles. The van der Waals surface area contributed by atoms with Crippen molar-refractivity contribution in [3.05, 3.63) is 0 Å². The van der Waals surface area contributed by atoms with Crippen LogP contribution in [0.2, 0.25) is 0 Å². The highest BCUT2D eigenvalue weighted by Gasteiger charge is 2.39. The van der Waals surface area contributed by atoms with Crippen LogP contribution < -0.4 is 5.32 Å². The zero-order valence-corrected chi connectivity index (χ0v) is 12.9. The molecule has 0 spiro atoms. The summed E-state index contributed by atoms with van der Waals surface area (Å²) in [6, 6.07) is 2.11. The molecule has 1 amide bonds. The average molecular weight is 281 g/mol. The molecule has 0 aromatic carbocycles. The van der Waals surface area contributed by atoms with Crippen LogP contribution in [0, 0.1) is 22.7 Å². The Morgan fingerprint density at radius 2 is 2.25 bits per heavy atom. The number of piperidine rings is 1. The molecule has 5 nitrogen and oxygen atoms in total. The highest BCUT2D eigenvalue weighted by atomic mass is 16.5. The second kappa shape index (κ2) is 8.23. The van der Waals surface area contributed by atoms with Gasteiger partial charge in [-0.3, -0.25) is 4.79 Å². The molecular weight excluding hydrogens is 254 g/mol. The fourth-order valence-corrected chi connectivity index (χ4v) is 2.75. The van der Waals surface area contributed by atoms with Gasteiger partial charge in [-0.05, 0) is 31.8 Å². The second-order valence-corrected chi connectivity index (χ2v) is 5.96. The molecule has 0 saturated carbocycles. The largest absolute Gasteiger partial charge is 0.383 e. The first-order valence-corrected chi connectivity index (χ1v) is 7.40. The van der Waals surface area contributed by atoms with E-state index in [9.17, 15) is 4.79 Å². The molecule has 5 heteroatoms. The number of nitriles is 1. The summed E-state index contributed by atoms with van der Waals surface area (Å²) in [7, 11) is 1.63. The number of nitrogens with zero attached hydrogens (tertiary/aromatic N) is 2. The van der Waals surface area contributed by atoms with Gasteiger partial charge < -0.3 is 15.0 Å². The summed E-state index contributed by atoms with van der Waals surface area (Å²) in [6.45, 7) is 7.55. The van der Waals surface area contributed by atoms with Crippen molar-refractivity contribution >= 4 is 5.91 Å². The van der Waals surface area contributed by atoms with E-state index in [0.717, 1.165) is 25.9 Å². The normalized spacial score (nSPS) is 19.4. The Morgan fingerprint density at radius 3 is 2.80 bits per heavy atom. The number of hydrogen-bond acceptors (Lipinski definition) is 4. The van der Waals surface area contributed by atoms with Crippen molar-refractivity contribution in [3.63, 3.8) is 0 Å². The minimum atomic E-state index is -0.392. The van der Waals surface area contributed by atoms with E-state index in [-0.39, 0.29) is 5.91 Å². The van der Waals surface area contributed by atoms with Crippen LogP contribution in [0.4, 0.5) is 0 Å². The van der Waals surface area contributed by atoms with Crippen LogP contribution in [0.15, 0.2) is 0 Å². The van der Waals surface area contributed by atoms with Crippen LogP contribution in [0.1, 0.15) is 33.1 Å². The van der Waals surface area contributed by atoms with E-state index < -0.39 is 5.41 Å². The van der Waals surface area contributed by atoms with Crippen molar-refractivity contribution < 1.29 is 9.53 Å². The van der Waals surface area contributed by atoms with E-state index in [4.69, 9.17) is 10.00 Å². The fraction of sp³-hybridized carbons (Fsp3) is 0.867. The van der Waals surface area contributed by atoms with Crippen molar-refractivity contribution in [2.24, 2.45) is 11.3 Å². The van der Waals surface area contributed by atoms with Crippen molar-refractivity contribution in [2.75, 3.05) is 39.9 Å². The molecule has 1 atom stereocenters. The predicted molar refractivity (Wildman–Crippen MR) is 78.1 cm³/mol. The van der Waals surface area contributed by atoms with Gasteiger partial charge in [-0.15, -0.1) is 0 Å². The van der Waals surface area contributed by atoms with Gasteiger partial charge in [0.25, 0.3) is 0 Å². The zero-order chi connectivity index (χ0) is 15.0. The number of carbonyl (C=O) groups excluding carboxylic acids is 1. The van der Waals surface area contributed by atoms with Gasteiger partial charge in [0, 0.05) is 25.6 Å². The van der Waals surface area contributed by atoms with Crippen LogP contribution in [0.5, 0.6) is 0 Å². The molecule has 114 valence electrons. The highest BCUT2D eigenvalue weighted by Crippen LogP contribution is 2.33. The summed E-state index contributed by atoms with van der Waals surface area (Å²) in [6.07, 6.45) is 2.58. The van der Waals surface area contributed by atoms with Gasteiger partial charge >= 0.3 is 0 Å². The molecule has 1 unspecified atom stereocenters. The quantitative estimate of drug-likeness (QED) is 0.766. The minimum Gasteiger partial charge on any atom is -0.383 e. The standard InChI is InChI=1S/C15H27N3O2/c1-15(2,13-6-4-8-17-12-13)14(19)18(9-5-7-16)10-11-20-3/h13,17H,4-6,8-12H2,1-3H3. The van der Waals surface area contributed by atoms with Gasteiger partial charge in [0.05, 0.1) is 19.1 Å². The summed E-state index contributed by atoms with van der Waals surface area (Å²) in [5, 5.41) is 12.1. The number of nitrogens with one attached hydrogen (secondary N) is 1. The summed E-state index contributed by atoms with van der Waals surface area (Å²) >= 11 is 0. The molecule has 1 N–H and O–H groups in total. The van der Waals surface area contributed by atoms with Crippen LogP contribution >= 0.6 is 0 Å². The molecular formula is C15H27N3O2. The third-order valence-electron chi connectivity index (χ3n) is 4.21. The number of rotatable bonds is 7. The smallest absolute Gasteiger partial charge is 0.228 e. The Kier molecular flexibility index (Phi) is 6.97. The average Bonchev–Trinajstić information content (AvgIpc) is 2.47. The molecule has 0 bridgehead atoms. The van der Waals surface area contributed by atoms with Gasteiger partial charge in [-0.25, -0.2) is 0 Å². The topological polar surface area (TPSA) is 65.4 Å². The number of carbonyl (C=O) groups is 1. The number of ether oxygens (including phenoxy) is 1. The van der Waals surface area contributed by atoms with Crippen LogP contribution in [-0.2, 0) is 9.53 Å². The summed E-state index contributed by atoms with van der Waals surface area (Å²) in [5.41, 5.74) is -0.392. The zero-order valence-electron chi connectivity index (χ0n) is 12.9. The Bertz CT molecular complexity index is 344. The van der Waals surface area contributed by atoms with Crippen molar-refractivity contribution in [3.8, 4) is 6.07 Å². The van der Waals surface area contributed by atoms with E-state index in [1.54, 1.807) is 12.0 Å². The van der Waals surface area contributed by atoms with Gasteiger partial charge in [-0.2, -0.15) is 5.26 Å². The summed E-state index contributed by atoms with van der Waals surface area (Å²) in [5.74, 6) is 0.495. The Labute approximate surface area is 122 Å². The molecule has 0 radical (unpaired) electrons. The maximum absolute atomic E-state index is 12.8. The molecule has 0 aromatic rings. The molecule has 1 rings (SSSR count). The minimum absolute atomic E-state index is 0.138. The van der Waals surface area contributed by atoms with Crippen LogP contribution in [-0.4, -0.2) is 50.7 Å². The van der Waals surface area contributed by atoms with E-state index in [2.05, 4.69) is 11.4 Å². The molecule has 0 aromatic heterocycles. The predicted octanol–water partition coefficient (Wildman–Crippen LogP) is 1.40. The van der Waals surface area contributed by atoms with Gasteiger partial charge in [0.15, 0.2) is 0 Å². The molecule has 1 fully saturated rings. The molecule has 20 heavy (non-hydrogen) atoms. The van der Waals surface area contributed by atoms with Crippen molar-refractivity contribution in [1.82, 2.24) is 10.2 Å². The van der Waals surface area contributed by atoms with E-state index in [1.165, 1.54) is 0 Å². The van der Waals surface area contributed by atoms with E-state index >= 15 is 0 Å². The van der Waals surface area contributed by atoms with Crippen molar-refractivity contribution in [2.45, 2.75) is 33.1 Å². The van der Waals surface area contributed by atoms with Gasteiger partial charge in [0.2, 0.25) is 5.91 Å². The second-order valence-electron chi connectivity index (χ2n) is 5.96. The molecule has 1 aliphatic rings. The lowest BCUT2D eigenvalue weighted by Crippen LogP contribution is -2.49. The Balaban J connectivity index is 2.71.